The van der Waals surface area contributed by atoms with Crippen molar-refractivity contribution in [2.45, 2.75) is 0 Å². The van der Waals surface area contributed by atoms with Crippen LogP contribution in [-0.2, 0) is 0 Å². The number of anilines is 1. The lowest BCUT2D eigenvalue weighted by molar-refractivity contribution is 0.0963. The van der Waals surface area contributed by atoms with Gasteiger partial charge < -0.3 is 20.1 Å². The van der Waals surface area contributed by atoms with Gasteiger partial charge in [-0.15, -0.1) is 0 Å². The van der Waals surface area contributed by atoms with Crippen LogP contribution in [0.4, 0.5) is 5.69 Å². The molecule has 0 radical (unpaired) electrons. The van der Waals surface area contributed by atoms with Crippen LogP contribution in [0.3, 0.4) is 0 Å². The number of hydrogen-bond donors (Lipinski definition) is 2. The summed E-state index contributed by atoms with van der Waals surface area (Å²) >= 11 is 5.84. The van der Waals surface area contributed by atoms with Crippen molar-refractivity contribution in [1.29, 1.82) is 0 Å². The average molecular weight is 353 g/mol. The smallest absolute Gasteiger partial charge is 0.259 e. The van der Waals surface area contributed by atoms with E-state index in [4.69, 9.17) is 25.2 Å². The number of carbonyl (C=O) groups excluding carboxylic acids is 2. The third-order valence-corrected chi connectivity index (χ3v) is 3.33. The van der Waals surface area contributed by atoms with Crippen LogP contribution in [0.15, 0.2) is 30.5 Å². The minimum atomic E-state index is -2.70. The van der Waals surface area contributed by atoms with Crippen molar-refractivity contribution in [3.05, 3.63) is 46.7 Å². The lowest BCUT2D eigenvalue weighted by Crippen LogP contribution is -2.22. The SMILES string of the molecule is [2H]C([2H])([2H])NC(=O)c1cnc(Cl)cc1NC(=O)c1cccc(OC)c1OC. The van der Waals surface area contributed by atoms with E-state index in [-0.39, 0.29) is 27.7 Å². The van der Waals surface area contributed by atoms with Gasteiger partial charge in [-0.05, 0) is 18.2 Å². The zero-order valence-corrected chi connectivity index (χ0v) is 13.6. The molecule has 0 aliphatic heterocycles. The number of rotatable bonds is 5. The second kappa shape index (κ2) is 7.65. The number of carbonyl (C=O) groups is 2. The van der Waals surface area contributed by atoms with Crippen molar-refractivity contribution in [2.75, 3.05) is 26.5 Å². The summed E-state index contributed by atoms with van der Waals surface area (Å²) in [4.78, 5) is 28.6. The van der Waals surface area contributed by atoms with Crippen molar-refractivity contribution in [3.8, 4) is 11.5 Å². The Kier molecular flexibility index (Phi) is 4.34. The summed E-state index contributed by atoms with van der Waals surface area (Å²) in [5, 5.41) is 4.36. The number of para-hydroxylation sites is 1. The average Bonchev–Trinajstić information content (AvgIpc) is 2.59. The lowest BCUT2D eigenvalue weighted by Gasteiger charge is -2.14. The van der Waals surface area contributed by atoms with E-state index in [1.807, 2.05) is 5.32 Å². The maximum Gasteiger partial charge on any atom is 0.259 e. The first-order chi connectivity index (χ1) is 12.7. The molecule has 8 heteroatoms. The molecule has 2 amide bonds. The van der Waals surface area contributed by atoms with Crippen LogP contribution in [0.5, 0.6) is 11.5 Å². The maximum atomic E-state index is 12.7. The fraction of sp³-hybridized carbons (Fsp3) is 0.188. The number of aromatic nitrogens is 1. The number of hydrogen-bond acceptors (Lipinski definition) is 5. The topological polar surface area (TPSA) is 89.6 Å². The van der Waals surface area contributed by atoms with E-state index in [1.54, 1.807) is 12.1 Å². The highest BCUT2D eigenvalue weighted by molar-refractivity contribution is 6.30. The minimum absolute atomic E-state index is 0.00772. The third kappa shape index (κ3) is 3.57. The Hall–Kier alpha value is -2.80. The van der Waals surface area contributed by atoms with Crippen LogP contribution in [-0.4, -0.2) is 38.0 Å². The summed E-state index contributed by atoms with van der Waals surface area (Å²) in [6, 6.07) is 5.95. The molecule has 2 N–H and O–H groups in total. The van der Waals surface area contributed by atoms with Gasteiger partial charge in [0, 0.05) is 17.3 Å². The highest BCUT2D eigenvalue weighted by Crippen LogP contribution is 2.31. The number of nitrogens with one attached hydrogen (secondary N) is 2. The predicted octanol–water partition coefficient (Wildman–Crippen LogP) is 2.36. The number of nitrogens with zero attached hydrogens (tertiary/aromatic N) is 1. The Bertz CT molecular complexity index is 874. The van der Waals surface area contributed by atoms with E-state index in [0.717, 1.165) is 6.20 Å². The van der Waals surface area contributed by atoms with Crippen LogP contribution in [0.25, 0.3) is 0 Å². The molecule has 0 spiro atoms. The Morgan fingerprint density at radius 3 is 2.67 bits per heavy atom. The molecule has 0 aliphatic rings. The van der Waals surface area contributed by atoms with Gasteiger partial charge in [0.05, 0.1) is 31.0 Å². The fourth-order valence-electron chi connectivity index (χ4n) is 2.04. The first-order valence-corrected chi connectivity index (χ1v) is 7.04. The molecule has 0 bridgehead atoms. The molecule has 0 atom stereocenters. The molecule has 7 nitrogen and oxygen atoms in total. The largest absolute Gasteiger partial charge is 0.493 e. The van der Waals surface area contributed by atoms with E-state index in [0.29, 0.717) is 5.75 Å². The molecular formula is C16H16ClN3O4. The van der Waals surface area contributed by atoms with E-state index < -0.39 is 18.8 Å². The minimum Gasteiger partial charge on any atom is -0.493 e. The summed E-state index contributed by atoms with van der Waals surface area (Å²) in [6.45, 7) is -2.70. The quantitative estimate of drug-likeness (QED) is 0.806. The van der Waals surface area contributed by atoms with Crippen LogP contribution in [0, 0.1) is 0 Å². The number of methoxy groups -OCH3 is 2. The molecule has 1 heterocycles. The molecule has 0 saturated heterocycles. The molecule has 0 aliphatic carbocycles. The second-order valence-electron chi connectivity index (χ2n) is 4.50. The molecule has 1 aromatic heterocycles. The van der Waals surface area contributed by atoms with Crippen molar-refractivity contribution < 1.29 is 23.2 Å². The summed E-state index contributed by atoms with van der Waals surface area (Å²) in [6.07, 6.45) is 1.07. The summed E-state index contributed by atoms with van der Waals surface area (Å²) in [7, 11) is 2.81. The van der Waals surface area contributed by atoms with Crippen molar-refractivity contribution in [3.63, 3.8) is 0 Å². The Morgan fingerprint density at radius 2 is 2.00 bits per heavy atom. The van der Waals surface area contributed by atoms with Crippen molar-refractivity contribution in [1.82, 2.24) is 10.3 Å². The summed E-state index contributed by atoms with van der Waals surface area (Å²) in [5.41, 5.74) is -0.0238. The highest BCUT2D eigenvalue weighted by atomic mass is 35.5. The molecule has 2 rings (SSSR count). The molecular weight excluding hydrogens is 334 g/mol. The first-order valence-electron chi connectivity index (χ1n) is 8.16. The van der Waals surface area contributed by atoms with E-state index in [9.17, 15) is 9.59 Å². The van der Waals surface area contributed by atoms with Crippen LogP contribution < -0.4 is 20.1 Å². The highest BCUT2D eigenvalue weighted by Gasteiger charge is 2.19. The molecule has 1 aromatic carbocycles. The zero-order valence-electron chi connectivity index (χ0n) is 15.8. The van der Waals surface area contributed by atoms with Gasteiger partial charge >= 0.3 is 0 Å². The Balaban J connectivity index is 2.39. The maximum absolute atomic E-state index is 12.7. The van der Waals surface area contributed by atoms with Gasteiger partial charge in [0.25, 0.3) is 11.8 Å². The van der Waals surface area contributed by atoms with Gasteiger partial charge in [-0.1, -0.05) is 17.7 Å². The van der Waals surface area contributed by atoms with Crippen LogP contribution in [0.2, 0.25) is 5.15 Å². The molecule has 0 fully saturated rings. The molecule has 24 heavy (non-hydrogen) atoms. The molecule has 0 saturated carbocycles. The van der Waals surface area contributed by atoms with Gasteiger partial charge in [-0.3, -0.25) is 9.59 Å². The van der Waals surface area contributed by atoms with Gasteiger partial charge in [0.1, 0.15) is 5.15 Å². The normalized spacial score (nSPS) is 12.4. The Morgan fingerprint density at radius 1 is 1.21 bits per heavy atom. The number of benzene rings is 1. The number of ether oxygens (including phenoxy) is 2. The van der Waals surface area contributed by atoms with Gasteiger partial charge in [0.15, 0.2) is 11.5 Å². The lowest BCUT2D eigenvalue weighted by atomic mass is 10.1. The van der Waals surface area contributed by atoms with E-state index in [1.165, 1.54) is 26.4 Å². The standard InChI is InChI=1S/C16H16ClN3O4/c1-18-15(21)10-8-19-13(17)7-11(10)20-16(22)9-5-4-6-12(23-2)14(9)24-3/h4-8H,1-3H3,(H,18,21)(H,19,20,22)/i1D3. The molecule has 0 unspecified atom stereocenters. The number of amides is 2. The van der Waals surface area contributed by atoms with E-state index >= 15 is 0 Å². The number of halogens is 1. The van der Waals surface area contributed by atoms with E-state index in [2.05, 4.69) is 10.3 Å². The molecule has 2 aromatic rings. The van der Waals surface area contributed by atoms with Gasteiger partial charge in [-0.25, -0.2) is 4.98 Å². The van der Waals surface area contributed by atoms with Crippen LogP contribution in [0.1, 0.15) is 24.8 Å². The second-order valence-corrected chi connectivity index (χ2v) is 4.89. The summed E-state index contributed by atoms with van der Waals surface area (Å²) in [5.74, 6) is -1.01. The van der Waals surface area contributed by atoms with Gasteiger partial charge in [0.2, 0.25) is 0 Å². The third-order valence-electron chi connectivity index (χ3n) is 3.12. The Labute approximate surface area is 148 Å². The zero-order chi connectivity index (χ0) is 20.2. The van der Waals surface area contributed by atoms with Crippen molar-refractivity contribution >= 4 is 29.1 Å². The molecule has 126 valence electrons. The first kappa shape index (κ1) is 13.6. The summed E-state index contributed by atoms with van der Waals surface area (Å²) < 4.78 is 31.8. The van der Waals surface area contributed by atoms with Crippen molar-refractivity contribution in [2.24, 2.45) is 0 Å². The van der Waals surface area contributed by atoms with Gasteiger partial charge in [-0.2, -0.15) is 0 Å². The number of pyridine rings is 1. The fourth-order valence-corrected chi connectivity index (χ4v) is 2.20. The van der Waals surface area contributed by atoms with Crippen LogP contribution >= 0.6 is 11.6 Å². The monoisotopic (exact) mass is 352 g/mol. The predicted molar refractivity (Wildman–Crippen MR) is 90.1 cm³/mol.